The Morgan fingerprint density at radius 1 is 1.30 bits per heavy atom. The Morgan fingerprint density at radius 2 is 2.10 bits per heavy atom. The van der Waals surface area contributed by atoms with Crippen LogP contribution in [0.5, 0.6) is 11.5 Å². The number of nitrogens with one attached hydrogen (secondary N) is 1. The third-order valence-corrected chi connectivity index (χ3v) is 3.66. The van der Waals surface area contributed by atoms with Gasteiger partial charge in [0.2, 0.25) is 0 Å². The Hall–Kier alpha value is -1.46. The van der Waals surface area contributed by atoms with Gasteiger partial charge in [-0.3, -0.25) is 0 Å². The molecule has 0 saturated heterocycles. The number of furan rings is 1. The van der Waals surface area contributed by atoms with E-state index in [1.807, 2.05) is 24.3 Å². The van der Waals surface area contributed by atoms with Crippen molar-refractivity contribution >= 4 is 15.9 Å². The summed E-state index contributed by atoms with van der Waals surface area (Å²) in [5.74, 6) is 2.34. The maximum absolute atomic E-state index is 5.37. The summed E-state index contributed by atoms with van der Waals surface area (Å²) in [4.78, 5) is 0. The second-order valence-corrected chi connectivity index (χ2v) is 5.29. The maximum atomic E-state index is 5.37. The first-order chi connectivity index (χ1) is 9.65. The summed E-state index contributed by atoms with van der Waals surface area (Å²) in [6.45, 7) is 2.77. The number of rotatable bonds is 6. The topological polar surface area (TPSA) is 43.6 Å². The predicted molar refractivity (Wildman–Crippen MR) is 81.2 cm³/mol. The summed E-state index contributed by atoms with van der Waals surface area (Å²) in [5.41, 5.74) is 1.10. The average Bonchev–Trinajstić information content (AvgIpc) is 2.98. The summed E-state index contributed by atoms with van der Waals surface area (Å²) < 4.78 is 16.9. The molecule has 0 aliphatic carbocycles. The summed E-state index contributed by atoms with van der Waals surface area (Å²) in [7, 11) is 3.26. The summed E-state index contributed by atoms with van der Waals surface area (Å²) >= 11 is 3.49. The monoisotopic (exact) mass is 339 g/mol. The number of methoxy groups -OCH3 is 2. The number of ether oxygens (including phenoxy) is 2. The lowest BCUT2D eigenvalue weighted by atomic mass is 10.1. The van der Waals surface area contributed by atoms with Crippen LogP contribution in [0.15, 0.2) is 39.4 Å². The number of benzene rings is 1. The van der Waals surface area contributed by atoms with Crippen molar-refractivity contribution in [2.45, 2.75) is 19.5 Å². The molecule has 5 heteroatoms. The smallest absolute Gasteiger partial charge is 0.174 e. The van der Waals surface area contributed by atoms with E-state index in [0.29, 0.717) is 18.0 Å². The molecular formula is C15H18BrNO3. The van der Waals surface area contributed by atoms with E-state index in [-0.39, 0.29) is 6.04 Å². The number of hydrogen-bond acceptors (Lipinski definition) is 4. The fourth-order valence-corrected chi connectivity index (χ4v) is 2.63. The molecule has 0 aliphatic heterocycles. The molecule has 0 amide bonds. The minimum Gasteiger partial charge on any atom is -0.493 e. The molecular weight excluding hydrogens is 322 g/mol. The molecule has 108 valence electrons. The van der Waals surface area contributed by atoms with Crippen LogP contribution in [0.25, 0.3) is 0 Å². The molecule has 2 aromatic rings. The molecule has 0 bridgehead atoms. The normalized spacial score (nSPS) is 12.2. The van der Waals surface area contributed by atoms with Gasteiger partial charge in [0.25, 0.3) is 0 Å². The van der Waals surface area contributed by atoms with E-state index in [1.54, 1.807) is 20.5 Å². The van der Waals surface area contributed by atoms with E-state index in [2.05, 4.69) is 28.2 Å². The standard InChI is InChI=1S/C15H18BrNO3/c1-10(13-5-4-6-20-13)17-9-11-7-12(16)15(19-3)14(8-11)18-2/h4-8,10,17H,9H2,1-3H3. The highest BCUT2D eigenvalue weighted by Crippen LogP contribution is 2.36. The van der Waals surface area contributed by atoms with Crippen LogP contribution in [0.1, 0.15) is 24.3 Å². The zero-order chi connectivity index (χ0) is 14.5. The van der Waals surface area contributed by atoms with Gasteiger partial charge in [-0.1, -0.05) is 0 Å². The van der Waals surface area contributed by atoms with Crippen molar-refractivity contribution in [3.05, 3.63) is 46.3 Å². The second kappa shape index (κ2) is 6.81. The van der Waals surface area contributed by atoms with Crippen molar-refractivity contribution in [1.82, 2.24) is 5.32 Å². The molecule has 1 unspecified atom stereocenters. The van der Waals surface area contributed by atoms with E-state index in [1.165, 1.54) is 0 Å². The van der Waals surface area contributed by atoms with Crippen LogP contribution < -0.4 is 14.8 Å². The molecule has 1 heterocycles. The minimum absolute atomic E-state index is 0.150. The van der Waals surface area contributed by atoms with Crippen LogP contribution >= 0.6 is 15.9 Å². The first-order valence-corrected chi connectivity index (χ1v) is 7.12. The van der Waals surface area contributed by atoms with Crippen molar-refractivity contribution in [1.29, 1.82) is 0 Å². The number of halogens is 1. The second-order valence-electron chi connectivity index (χ2n) is 4.43. The fourth-order valence-electron chi connectivity index (χ4n) is 1.98. The third-order valence-electron chi connectivity index (χ3n) is 3.08. The van der Waals surface area contributed by atoms with Crippen LogP contribution in [0.2, 0.25) is 0 Å². The Morgan fingerprint density at radius 3 is 2.70 bits per heavy atom. The van der Waals surface area contributed by atoms with Gasteiger partial charge in [-0.2, -0.15) is 0 Å². The molecule has 0 aliphatic rings. The Balaban J connectivity index is 2.08. The number of hydrogen-bond donors (Lipinski definition) is 1. The molecule has 4 nitrogen and oxygen atoms in total. The third kappa shape index (κ3) is 3.35. The van der Waals surface area contributed by atoms with Gasteiger partial charge >= 0.3 is 0 Å². The molecule has 1 aromatic heterocycles. The van der Waals surface area contributed by atoms with E-state index < -0.39 is 0 Å². The molecule has 0 fully saturated rings. The Bertz CT molecular complexity index is 554. The average molecular weight is 340 g/mol. The zero-order valence-corrected chi connectivity index (χ0v) is 13.4. The Labute approximate surface area is 127 Å². The lowest BCUT2D eigenvalue weighted by Gasteiger charge is -2.14. The molecule has 0 spiro atoms. The summed E-state index contributed by atoms with van der Waals surface area (Å²) in [5, 5.41) is 3.41. The van der Waals surface area contributed by atoms with Gasteiger partial charge < -0.3 is 19.2 Å². The quantitative estimate of drug-likeness (QED) is 0.866. The molecule has 1 atom stereocenters. The van der Waals surface area contributed by atoms with Crippen molar-refractivity contribution in [2.24, 2.45) is 0 Å². The SMILES string of the molecule is COc1cc(CNC(C)c2ccco2)cc(Br)c1OC. The van der Waals surface area contributed by atoms with Crippen LogP contribution in [-0.4, -0.2) is 14.2 Å². The van der Waals surface area contributed by atoms with Crippen LogP contribution in [0.4, 0.5) is 0 Å². The van der Waals surface area contributed by atoms with Crippen molar-refractivity contribution in [3.8, 4) is 11.5 Å². The lowest BCUT2D eigenvalue weighted by molar-refractivity contribution is 0.352. The fraction of sp³-hybridized carbons (Fsp3) is 0.333. The van der Waals surface area contributed by atoms with Gasteiger partial charge in [-0.15, -0.1) is 0 Å². The van der Waals surface area contributed by atoms with E-state index >= 15 is 0 Å². The van der Waals surface area contributed by atoms with Gasteiger partial charge in [0, 0.05) is 6.54 Å². The first-order valence-electron chi connectivity index (χ1n) is 6.33. The highest BCUT2D eigenvalue weighted by atomic mass is 79.9. The zero-order valence-electron chi connectivity index (χ0n) is 11.8. The molecule has 0 saturated carbocycles. The first kappa shape index (κ1) is 14.9. The summed E-state index contributed by atoms with van der Waals surface area (Å²) in [6, 6.07) is 7.98. The van der Waals surface area contributed by atoms with Gasteiger partial charge in [0.15, 0.2) is 11.5 Å². The van der Waals surface area contributed by atoms with Crippen molar-refractivity contribution < 1.29 is 13.9 Å². The minimum atomic E-state index is 0.150. The highest BCUT2D eigenvalue weighted by molar-refractivity contribution is 9.10. The van der Waals surface area contributed by atoms with Crippen LogP contribution in [-0.2, 0) is 6.54 Å². The van der Waals surface area contributed by atoms with Gasteiger partial charge in [-0.25, -0.2) is 0 Å². The molecule has 1 aromatic carbocycles. The van der Waals surface area contributed by atoms with Crippen LogP contribution in [0.3, 0.4) is 0 Å². The summed E-state index contributed by atoms with van der Waals surface area (Å²) in [6.07, 6.45) is 1.68. The van der Waals surface area contributed by atoms with Crippen molar-refractivity contribution in [3.63, 3.8) is 0 Å². The van der Waals surface area contributed by atoms with Crippen molar-refractivity contribution in [2.75, 3.05) is 14.2 Å². The van der Waals surface area contributed by atoms with E-state index in [9.17, 15) is 0 Å². The van der Waals surface area contributed by atoms with Gasteiger partial charge in [0.1, 0.15) is 5.76 Å². The maximum Gasteiger partial charge on any atom is 0.174 e. The van der Waals surface area contributed by atoms with Gasteiger partial charge in [-0.05, 0) is 52.7 Å². The predicted octanol–water partition coefficient (Wildman–Crippen LogP) is 3.91. The lowest BCUT2D eigenvalue weighted by Crippen LogP contribution is -2.17. The van der Waals surface area contributed by atoms with Gasteiger partial charge in [0.05, 0.1) is 31.0 Å². The molecule has 0 radical (unpaired) electrons. The molecule has 20 heavy (non-hydrogen) atoms. The molecule has 1 N–H and O–H groups in total. The van der Waals surface area contributed by atoms with Crippen LogP contribution in [0, 0.1) is 0 Å². The molecule has 2 rings (SSSR count). The van der Waals surface area contributed by atoms with E-state index in [0.717, 1.165) is 15.8 Å². The Kier molecular flexibility index (Phi) is 5.09. The largest absolute Gasteiger partial charge is 0.493 e. The highest BCUT2D eigenvalue weighted by Gasteiger charge is 2.12. The van der Waals surface area contributed by atoms with E-state index in [4.69, 9.17) is 13.9 Å².